The number of aryl methyl sites for hydroxylation is 1. The van der Waals surface area contributed by atoms with Crippen molar-refractivity contribution in [3.05, 3.63) is 35.4 Å². The molecule has 0 saturated heterocycles. The number of allylic oxidation sites excluding steroid dienone is 1. The third-order valence-electron chi connectivity index (χ3n) is 2.70. The van der Waals surface area contributed by atoms with E-state index in [4.69, 9.17) is 0 Å². The van der Waals surface area contributed by atoms with Gasteiger partial charge in [-0.25, -0.2) is 0 Å². The summed E-state index contributed by atoms with van der Waals surface area (Å²) in [5.74, 6) is 0. The number of benzene rings is 1. The smallest absolute Gasteiger partial charge is 0.0505 e. The second-order valence-electron chi connectivity index (χ2n) is 4.67. The fraction of sp³-hybridized carbons (Fsp3) is 0.385. The van der Waals surface area contributed by atoms with Crippen LogP contribution in [-0.2, 0) is 0 Å². The molecular formula is C13H17N. The van der Waals surface area contributed by atoms with Gasteiger partial charge in [-0.15, -0.1) is 0 Å². The van der Waals surface area contributed by atoms with Crippen LogP contribution in [0.15, 0.2) is 24.3 Å². The quantitative estimate of drug-likeness (QED) is 0.654. The van der Waals surface area contributed by atoms with Gasteiger partial charge in [0.15, 0.2) is 0 Å². The van der Waals surface area contributed by atoms with E-state index in [1.54, 1.807) is 0 Å². The monoisotopic (exact) mass is 187 g/mol. The SMILES string of the molecule is CC1=CC(C)(C)Nc2cccc(C)c21. The van der Waals surface area contributed by atoms with Crippen LogP contribution >= 0.6 is 0 Å². The molecule has 0 atom stereocenters. The van der Waals surface area contributed by atoms with E-state index in [2.05, 4.69) is 57.3 Å². The van der Waals surface area contributed by atoms with Crippen molar-refractivity contribution in [3.63, 3.8) is 0 Å². The third-order valence-corrected chi connectivity index (χ3v) is 2.70. The minimum Gasteiger partial charge on any atom is -0.376 e. The molecule has 74 valence electrons. The number of nitrogens with one attached hydrogen (secondary N) is 1. The Morgan fingerprint density at radius 2 is 1.86 bits per heavy atom. The van der Waals surface area contributed by atoms with Crippen LogP contribution in [0.2, 0.25) is 0 Å². The highest BCUT2D eigenvalue weighted by atomic mass is 15.0. The Morgan fingerprint density at radius 3 is 2.57 bits per heavy atom. The van der Waals surface area contributed by atoms with Crippen LogP contribution in [0.1, 0.15) is 31.9 Å². The Morgan fingerprint density at radius 1 is 1.14 bits per heavy atom. The molecule has 1 heterocycles. The largest absolute Gasteiger partial charge is 0.376 e. The summed E-state index contributed by atoms with van der Waals surface area (Å²) in [5.41, 5.74) is 5.42. The van der Waals surface area contributed by atoms with Gasteiger partial charge in [-0.2, -0.15) is 0 Å². The molecule has 2 rings (SSSR count). The Balaban J connectivity index is 2.62. The molecule has 0 unspecified atom stereocenters. The molecule has 0 amide bonds. The zero-order valence-corrected chi connectivity index (χ0v) is 9.31. The Kier molecular flexibility index (Phi) is 1.91. The summed E-state index contributed by atoms with van der Waals surface area (Å²) < 4.78 is 0. The maximum absolute atomic E-state index is 3.53. The molecule has 0 saturated carbocycles. The van der Waals surface area contributed by atoms with E-state index in [0.29, 0.717) is 0 Å². The molecule has 0 aromatic heterocycles. The lowest BCUT2D eigenvalue weighted by Gasteiger charge is -2.32. The first-order valence-corrected chi connectivity index (χ1v) is 5.07. The van der Waals surface area contributed by atoms with Crippen LogP contribution in [0.3, 0.4) is 0 Å². The van der Waals surface area contributed by atoms with Crippen molar-refractivity contribution >= 4 is 11.3 Å². The van der Waals surface area contributed by atoms with Gasteiger partial charge < -0.3 is 5.32 Å². The van der Waals surface area contributed by atoms with E-state index >= 15 is 0 Å². The predicted molar refractivity (Wildman–Crippen MR) is 62.5 cm³/mol. The number of hydrogen-bond donors (Lipinski definition) is 1. The van der Waals surface area contributed by atoms with Crippen LogP contribution < -0.4 is 5.32 Å². The molecule has 1 aliphatic heterocycles. The van der Waals surface area contributed by atoms with Crippen molar-refractivity contribution in [3.8, 4) is 0 Å². The second-order valence-corrected chi connectivity index (χ2v) is 4.67. The molecule has 1 aromatic carbocycles. The zero-order valence-electron chi connectivity index (χ0n) is 9.31. The first kappa shape index (κ1) is 9.32. The second kappa shape index (κ2) is 2.88. The number of hydrogen-bond acceptors (Lipinski definition) is 1. The van der Waals surface area contributed by atoms with E-state index in [1.807, 2.05) is 0 Å². The van der Waals surface area contributed by atoms with Crippen molar-refractivity contribution in [1.82, 2.24) is 0 Å². The van der Waals surface area contributed by atoms with Crippen molar-refractivity contribution in [2.45, 2.75) is 33.2 Å². The van der Waals surface area contributed by atoms with Crippen molar-refractivity contribution < 1.29 is 0 Å². The minimum atomic E-state index is 0.0743. The van der Waals surface area contributed by atoms with Gasteiger partial charge in [-0.1, -0.05) is 18.2 Å². The predicted octanol–water partition coefficient (Wildman–Crippen LogP) is 3.60. The molecule has 1 N–H and O–H groups in total. The minimum absolute atomic E-state index is 0.0743. The van der Waals surface area contributed by atoms with Crippen molar-refractivity contribution in [2.75, 3.05) is 5.32 Å². The fourth-order valence-electron chi connectivity index (χ4n) is 2.29. The fourth-order valence-corrected chi connectivity index (χ4v) is 2.29. The summed E-state index contributed by atoms with van der Waals surface area (Å²) in [7, 11) is 0. The number of rotatable bonds is 0. The summed E-state index contributed by atoms with van der Waals surface area (Å²) in [6, 6.07) is 6.42. The van der Waals surface area contributed by atoms with Crippen LogP contribution in [0.5, 0.6) is 0 Å². The molecular weight excluding hydrogens is 170 g/mol. The zero-order chi connectivity index (χ0) is 10.3. The van der Waals surface area contributed by atoms with Gasteiger partial charge in [-0.05, 0) is 44.9 Å². The molecule has 1 heteroatoms. The van der Waals surface area contributed by atoms with Crippen LogP contribution in [-0.4, -0.2) is 5.54 Å². The average molecular weight is 187 g/mol. The normalized spacial score (nSPS) is 18.1. The van der Waals surface area contributed by atoms with Gasteiger partial charge in [0, 0.05) is 11.3 Å². The third kappa shape index (κ3) is 1.43. The molecule has 1 nitrogen and oxygen atoms in total. The maximum atomic E-state index is 3.53. The molecule has 14 heavy (non-hydrogen) atoms. The lowest BCUT2D eigenvalue weighted by atomic mass is 9.89. The lowest BCUT2D eigenvalue weighted by molar-refractivity contribution is 0.707. The number of fused-ring (bicyclic) bond motifs is 1. The number of anilines is 1. The van der Waals surface area contributed by atoms with Gasteiger partial charge in [0.05, 0.1) is 5.54 Å². The van der Waals surface area contributed by atoms with Crippen molar-refractivity contribution in [2.24, 2.45) is 0 Å². The van der Waals surface area contributed by atoms with Gasteiger partial charge in [-0.3, -0.25) is 0 Å². The van der Waals surface area contributed by atoms with Crippen LogP contribution in [0.25, 0.3) is 5.57 Å². The van der Waals surface area contributed by atoms with Gasteiger partial charge in [0.1, 0.15) is 0 Å². The Labute approximate surface area is 85.8 Å². The topological polar surface area (TPSA) is 12.0 Å². The molecule has 0 fully saturated rings. The summed E-state index contributed by atoms with van der Waals surface area (Å²) >= 11 is 0. The summed E-state index contributed by atoms with van der Waals surface area (Å²) in [6.07, 6.45) is 2.29. The van der Waals surface area contributed by atoms with E-state index in [1.165, 1.54) is 22.4 Å². The molecule has 0 bridgehead atoms. The highest BCUT2D eigenvalue weighted by Crippen LogP contribution is 2.35. The first-order chi connectivity index (χ1) is 6.49. The Hall–Kier alpha value is -1.24. The highest BCUT2D eigenvalue weighted by molar-refractivity contribution is 5.81. The van der Waals surface area contributed by atoms with Gasteiger partial charge >= 0.3 is 0 Å². The van der Waals surface area contributed by atoms with Gasteiger partial charge in [0.2, 0.25) is 0 Å². The lowest BCUT2D eigenvalue weighted by Crippen LogP contribution is -2.31. The van der Waals surface area contributed by atoms with Crippen LogP contribution in [0.4, 0.5) is 5.69 Å². The summed E-state index contributed by atoms with van der Waals surface area (Å²) in [6.45, 7) is 8.74. The van der Waals surface area contributed by atoms with Crippen LogP contribution in [0, 0.1) is 6.92 Å². The van der Waals surface area contributed by atoms with E-state index in [9.17, 15) is 0 Å². The molecule has 0 aliphatic carbocycles. The summed E-state index contributed by atoms with van der Waals surface area (Å²) in [4.78, 5) is 0. The highest BCUT2D eigenvalue weighted by Gasteiger charge is 2.22. The maximum Gasteiger partial charge on any atom is 0.0505 e. The molecule has 0 spiro atoms. The molecule has 1 aliphatic rings. The first-order valence-electron chi connectivity index (χ1n) is 5.07. The summed E-state index contributed by atoms with van der Waals surface area (Å²) in [5, 5.41) is 3.53. The Bertz CT molecular complexity index is 400. The molecule has 0 radical (unpaired) electrons. The van der Waals surface area contributed by atoms with E-state index in [-0.39, 0.29) is 5.54 Å². The average Bonchev–Trinajstić information content (AvgIpc) is 2.00. The van der Waals surface area contributed by atoms with Crippen molar-refractivity contribution in [1.29, 1.82) is 0 Å². The standard InChI is InChI=1S/C13H17N/c1-9-6-5-7-11-12(9)10(2)8-13(3,4)14-11/h5-8,14H,1-4H3. The van der Waals surface area contributed by atoms with E-state index < -0.39 is 0 Å². The van der Waals surface area contributed by atoms with Gasteiger partial charge in [0.25, 0.3) is 0 Å². The van der Waals surface area contributed by atoms with E-state index in [0.717, 1.165) is 0 Å². The molecule has 1 aromatic rings.